The lowest BCUT2D eigenvalue weighted by molar-refractivity contribution is -0.145. The molecule has 0 spiro atoms. The van der Waals surface area contributed by atoms with Crippen LogP contribution in [-0.2, 0) is 20.7 Å². The van der Waals surface area contributed by atoms with Crippen molar-refractivity contribution in [2.45, 2.75) is 85.9 Å². The van der Waals surface area contributed by atoms with Gasteiger partial charge in [0, 0.05) is 36.3 Å². The Morgan fingerprint density at radius 1 is 1.02 bits per heavy atom. The van der Waals surface area contributed by atoms with Crippen LogP contribution >= 0.6 is 11.3 Å². The highest BCUT2D eigenvalue weighted by Gasteiger charge is 2.31. The first-order valence-electron chi connectivity index (χ1n) is 14.1. The normalized spacial score (nSPS) is 15.3. The van der Waals surface area contributed by atoms with Crippen molar-refractivity contribution in [3.8, 4) is 0 Å². The second-order valence-corrected chi connectivity index (χ2v) is 12.8. The van der Waals surface area contributed by atoms with Gasteiger partial charge in [-0.2, -0.15) is 0 Å². The Morgan fingerprint density at radius 2 is 1.65 bits per heavy atom. The lowest BCUT2D eigenvalue weighted by Gasteiger charge is -2.35. The Labute approximate surface area is 243 Å². The van der Waals surface area contributed by atoms with Gasteiger partial charge in [0.2, 0.25) is 5.91 Å². The number of hydrogen-bond donors (Lipinski definition) is 2. The van der Waals surface area contributed by atoms with Crippen molar-refractivity contribution in [1.82, 2.24) is 15.2 Å². The number of carbonyl (C=O) groups excluding carboxylic acids is 3. The summed E-state index contributed by atoms with van der Waals surface area (Å²) < 4.78 is 4.89. The predicted octanol–water partition coefficient (Wildman–Crippen LogP) is 5.19. The summed E-state index contributed by atoms with van der Waals surface area (Å²) in [6.45, 7) is 13.7. The Bertz CT molecular complexity index is 1120. The fraction of sp³-hybridized carbons (Fsp3) is 0.613. The van der Waals surface area contributed by atoms with Crippen molar-refractivity contribution >= 4 is 29.1 Å². The number of aromatic nitrogens is 1. The van der Waals surface area contributed by atoms with Gasteiger partial charge < -0.3 is 20.1 Å². The smallest absolute Gasteiger partial charge is 0.308 e. The quantitative estimate of drug-likeness (QED) is 0.301. The Morgan fingerprint density at radius 3 is 2.20 bits per heavy atom. The van der Waals surface area contributed by atoms with E-state index in [1.54, 1.807) is 18.9 Å². The van der Waals surface area contributed by atoms with E-state index in [0.717, 1.165) is 5.56 Å². The molecule has 2 rings (SSSR count). The summed E-state index contributed by atoms with van der Waals surface area (Å²) in [7, 11) is 3.16. The third kappa shape index (κ3) is 9.13. The molecule has 0 aliphatic rings. The molecule has 9 heteroatoms. The van der Waals surface area contributed by atoms with Gasteiger partial charge in [-0.3, -0.25) is 14.4 Å². The number of aliphatic hydroxyl groups is 1. The number of nitrogens with zero attached hydrogens (tertiary/aromatic N) is 2. The van der Waals surface area contributed by atoms with E-state index in [-0.39, 0.29) is 59.2 Å². The SMILES string of the molecule is COC(=O)[C@@H](C)C[C@H](Cc1ccccc1)NC(=O)c1nc([C@H](O)C[C@H](C(C)C)N(C)C(=O)[C@@H](C)C(C)C)sc1C. The fourth-order valence-corrected chi connectivity index (χ4v) is 5.73. The van der Waals surface area contributed by atoms with Crippen LogP contribution in [0.3, 0.4) is 0 Å². The molecule has 0 bridgehead atoms. The van der Waals surface area contributed by atoms with E-state index >= 15 is 0 Å². The zero-order valence-electron chi connectivity index (χ0n) is 25.4. The number of nitrogens with one attached hydrogen (secondary N) is 1. The van der Waals surface area contributed by atoms with Crippen LogP contribution < -0.4 is 5.32 Å². The van der Waals surface area contributed by atoms with Gasteiger partial charge in [-0.15, -0.1) is 11.3 Å². The third-order valence-corrected chi connectivity index (χ3v) is 8.76. The van der Waals surface area contributed by atoms with Gasteiger partial charge in [0.25, 0.3) is 5.91 Å². The summed E-state index contributed by atoms with van der Waals surface area (Å²) in [6, 6.07) is 9.29. The Kier molecular flexibility index (Phi) is 12.8. The molecule has 0 saturated carbocycles. The summed E-state index contributed by atoms with van der Waals surface area (Å²) >= 11 is 1.29. The van der Waals surface area contributed by atoms with Gasteiger partial charge in [-0.05, 0) is 37.2 Å². The summed E-state index contributed by atoms with van der Waals surface area (Å²) in [5.74, 6) is -0.774. The minimum atomic E-state index is -0.915. The van der Waals surface area contributed by atoms with Crippen molar-refractivity contribution in [2.24, 2.45) is 23.7 Å². The van der Waals surface area contributed by atoms with Crippen molar-refractivity contribution in [2.75, 3.05) is 14.2 Å². The molecule has 1 aromatic heterocycles. The largest absolute Gasteiger partial charge is 0.469 e. The average Bonchev–Trinajstić information content (AvgIpc) is 3.31. The van der Waals surface area contributed by atoms with E-state index < -0.39 is 6.10 Å². The monoisotopic (exact) mass is 573 g/mol. The molecular weight excluding hydrogens is 526 g/mol. The predicted molar refractivity (Wildman–Crippen MR) is 159 cm³/mol. The minimum Gasteiger partial charge on any atom is -0.469 e. The number of aryl methyl sites for hydroxylation is 1. The van der Waals surface area contributed by atoms with Crippen LogP contribution in [0.5, 0.6) is 0 Å². The van der Waals surface area contributed by atoms with Crippen LogP contribution in [0, 0.1) is 30.6 Å². The number of hydrogen-bond acceptors (Lipinski definition) is 7. The second-order valence-electron chi connectivity index (χ2n) is 11.5. The van der Waals surface area contributed by atoms with Crippen molar-refractivity contribution in [3.63, 3.8) is 0 Å². The number of rotatable bonds is 14. The lowest BCUT2D eigenvalue weighted by Crippen LogP contribution is -2.44. The van der Waals surface area contributed by atoms with Crippen molar-refractivity contribution < 1.29 is 24.2 Å². The molecule has 2 N–H and O–H groups in total. The highest BCUT2D eigenvalue weighted by atomic mass is 32.1. The summed E-state index contributed by atoms with van der Waals surface area (Å²) in [5, 5.41) is 14.7. The summed E-state index contributed by atoms with van der Waals surface area (Å²) in [4.78, 5) is 45.5. The van der Waals surface area contributed by atoms with Gasteiger partial charge in [-0.1, -0.05) is 71.9 Å². The topological polar surface area (TPSA) is 109 Å². The molecule has 2 amide bonds. The highest BCUT2D eigenvalue weighted by molar-refractivity contribution is 7.11. The number of amides is 2. The maximum Gasteiger partial charge on any atom is 0.308 e. The molecule has 1 heterocycles. The van der Waals surface area contributed by atoms with E-state index in [2.05, 4.69) is 10.3 Å². The molecular formula is C31H47N3O5S. The second kappa shape index (κ2) is 15.3. The average molecular weight is 574 g/mol. The van der Waals surface area contributed by atoms with Gasteiger partial charge in [-0.25, -0.2) is 4.98 Å². The molecule has 0 radical (unpaired) electrons. The maximum atomic E-state index is 13.4. The van der Waals surface area contributed by atoms with Gasteiger partial charge in [0.05, 0.1) is 13.0 Å². The van der Waals surface area contributed by atoms with Crippen LogP contribution in [0.1, 0.15) is 86.4 Å². The van der Waals surface area contributed by atoms with Gasteiger partial charge in [0.1, 0.15) is 16.8 Å². The van der Waals surface area contributed by atoms with E-state index in [9.17, 15) is 19.5 Å². The molecule has 0 unspecified atom stereocenters. The first kappa shape index (κ1) is 33.4. The van der Waals surface area contributed by atoms with Crippen LogP contribution in [0.2, 0.25) is 0 Å². The highest BCUT2D eigenvalue weighted by Crippen LogP contribution is 2.30. The van der Waals surface area contributed by atoms with Crippen LogP contribution in [0.25, 0.3) is 0 Å². The number of thiazole rings is 1. The number of carbonyl (C=O) groups is 3. The molecule has 0 fully saturated rings. The number of methoxy groups -OCH3 is 1. The zero-order valence-corrected chi connectivity index (χ0v) is 26.2. The van der Waals surface area contributed by atoms with Gasteiger partial charge in [0.15, 0.2) is 0 Å². The standard InChI is InChI=1S/C31H47N3O5S/c1-18(2)21(6)30(37)34(8)25(19(3)4)17-26(35)29-33-27(22(7)40-29)28(36)32-24(15-20(5)31(38)39-9)16-23-13-11-10-12-14-23/h10-14,18-21,24-26,35H,15-17H2,1-9H3,(H,32,36)/t20-,21-,24+,25+,26+/m0/s1. The van der Waals surface area contributed by atoms with Gasteiger partial charge >= 0.3 is 5.97 Å². The Hall–Kier alpha value is -2.78. The number of benzene rings is 1. The molecule has 0 aliphatic carbocycles. The van der Waals surface area contributed by atoms with Crippen molar-refractivity contribution in [3.05, 3.63) is 51.5 Å². The minimum absolute atomic E-state index is 0.0573. The number of aliphatic hydroxyl groups excluding tert-OH is 1. The lowest BCUT2D eigenvalue weighted by atomic mass is 9.92. The van der Waals surface area contributed by atoms with E-state index in [1.807, 2.05) is 71.9 Å². The molecule has 40 heavy (non-hydrogen) atoms. The molecule has 0 aliphatic heterocycles. The zero-order chi connectivity index (χ0) is 30.1. The Balaban J connectivity index is 2.20. The fourth-order valence-electron chi connectivity index (χ4n) is 4.82. The first-order valence-corrected chi connectivity index (χ1v) is 14.9. The van der Waals surface area contributed by atoms with Crippen LogP contribution in [0.4, 0.5) is 0 Å². The third-order valence-electron chi connectivity index (χ3n) is 7.68. The van der Waals surface area contributed by atoms with E-state index in [0.29, 0.717) is 29.1 Å². The number of esters is 1. The molecule has 1 aromatic carbocycles. The molecule has 5 atom stereocenters. The number of ether oxygens (including phenoxy) is 1. The summed E-state index contributed by atoms with van der Waals surface area (Å²) in [5.41, 5.74) is 1.31. The van der Waals surface area contributed by atoms with E-state index in [1.165, 1.54) is 18.4 Å². The molecule has 0 saturated heterocycles. The molecule has 222 valence electrons. The maximum absolute atomic E-state index is 13.4. The van der Waals surface area contributed by atoms with Crippen LogP contribution in [-0.4, -0.2) is 59.0 Å². The van der Waals surface area contributed by atoms with Crippen molar-refractivity contribution in [1.29, 1.82) is 0 Å². The summed E-state index contributed by atoms with van der Waals surface area (Å²) in [6.07, 6.45) is 0.378. The first-order chi connectivity index (χ1) is 18.8. The molecule has 2 aromatic rings. The van der Waals surface area contributed by atoms with E-state index in [4.69, 9.17) is 4.74 Å². The van der Waals surface area contributed by atoms with Crippen LogP contribution in [0.15, 0.2) is 30.3 Å². The molecule has 8 nitrogen and oxygen atoms in total.